The van der Waals surface area contributed by atoms with Crippen LogP contribution >= 0.6 is 24.0 Å². The molecule has 0 saturated carbocycles. The first kappa shape index (κ1) is 20.7. The van der Waals surface area contributed by atoms with Gasteiger partial charge in [0, 0.05) is 42.7 Å². The SMILES string of the molecule is COCc1c(C(=O)N2CCNCC2c2cccc(Cl)c2)oc2ccccc12.Cl. The number of halogens is 2. The summed E-state index contributed by atoms with van der Waals surface area (Å²) in [6.45, 7) is 2.33. The molecule has 0 radical (unpaired) electrons. The van der Waals surface area contributed by atoms with Crippen molar-refractivity contribution in [1.82, 2.24) is 10.2 Å². The molecule has 28 heavy (non-hydrogen) atoms. The molecule has 4 rings (SSSR count). The monoisotopic (exact) mass is 420 g/mol. The fourth-order valence-electron chi connectivity index (χ4n) is 3.65. The minimum atomic E-state index is -0.121. The lowest BCUT2D eigenvalue weighted by Gasteiger charge is -2.36. The number of nitrogens with one attached hydrogen (secondary N) is 1. The number of carbonyl (C=O) groups excluding carboxylic acids is 1. The topological polar surface area (TPSA) is 54.7 Å². The Kier molecular flexibility index (Phi) is 6.62. The lowest BCUT2D eigenvalue weighted by atomic mass is 10.0. The maximum Gasteiger partial charge on any atom is 0.290 e. The molecule has 0 bridgehead atoms. The third-order valence-corrected chi connectivity index (χ3v) is 5.15. The normalized spacial score (nSPS) is 16.8. The third-order valence-electron chi connectivity index (χ3n) is 4.92. The molecule has 1 fully saturated rings. The number of benzene rings is 2. The van der Waals surface area contributed by atoms with Gasteiger partial charge in [-0.2, -0.15) is 0 Å². The van der Waals surface area contributed by atoms with E-state index in [9.17, 15) is 4.79 Å². The summed E-state index contributed by atoms with van der Waals surface area (Å²) in [5, 5.41) is 4.94. The van der Waals surface area contributed by atoms with E-state index in [0.717, 1.165) is 23.1 Å². The molecule has 0 spiro atoms. The first-order chi connectivity index (χ1) is 13.2. The Bertz CT molecular complexity index is 973. The van der Waals surface area contributed by atoms with Gasteiger partial charge >= 0.3 is 0 Å². The summed E-state index contributed by atoms with van der Waals surface area (Å²) < 4.78 is 11.3. The number of piperazine rings is 1. The van der Waals surface area contributed by atoms with Crippen molar-refractivity contribution >= 4 is 40.9 Å². The highest BCUT2D eigenvalue weighted by Gasteiger charge is 2.32. The van der Waals surface area contributed by atoms with Gasteiger partial charge < -0.3 is 19.4 Å². The van der Waals surface area contributed by atoms with Gasteiger partial charge in [0.15, 0.2) is 5.76 Å². The molecule has 1 unspecified atom stereocenters. The highest BCUT2D eigenvalue weighted by Crippen LogP contribution is 2.31. The zero-order chi connectivity index (χ0) is 18.8. The largest absolute Gasteiger partial charge is 0.451 e. The molecule has 7 heteroatoms. The molecule has 2 aromatic carbocycles. The second-order valence-electron chi connectivity index (χ2n) is 6.61. The number of nitrogens with zero attached hydrogens (tertiary/aromatic N) is 1. The molecule has 3 aromatic rings. The molecule has 1 aliphatic heterocycles. The standard InChI is InChI=1S/C21H21ClN2O3.ClH/c1-26-13-17-16-7-2-3-8-19(16)27-20(17)21(25)24-10-9-23-12-18(24)14-5-4-6-15(22)11-14;/h2-8,11,18,23H,9-10,12-13H2,1H3;1H. The third kappa shape index (κ3) is 3.89. The van der Waals surface area contributed by atoms with Crippen LogP contribution in [0.25, 0.3) is 11.0 Å². The van der Waals surface area contributed by atoms with Gasteiger partial charge in [0.2, 0.25) is 0 Å². The van der Waals surface area contributed by atoms with Gasteiger partial charge in [0.05, 0.1) is 12.6 Å². The van der Waals surface area contributed by atoms with Crippen molar-refractivity contribution in [2.45, 2.75) is 12.6 Å². The van der Waals surface area contributed by atoms with Gasteiger partial charge in [-0.25, -0.2) is 0 Å². The number of furan rings is 1. The van der Waals surface area contributed by atoms with Gasteiger partial charge in [0.1, 0.15) is 5.58 Å². The number of carbonyl (C=O) groups is 1. The van der Waals surface area contributed by atoms with Crippen LogP contribution < -0.4 is 5.32 Å². The smallest absolute Gasteiger partial charge is 0.290 e. The summed E-state index contributed by atoms with van der Waals surface area (Å²) in [7, 11) is 1.62. The molecule has 1 aromatic heterocycles. The van der Waals surface area contributed by atoms with Crippen LogP contribution in [0.3, 0.4) is 0 Å². The van der Waals surface area contributed by atoms with Gasteiger partial charge in [-0.15, -0.1) is 12.4 Å². The van der Waals surface area contributed by atoms with E-state index in [1.807, 2.05) is 53.4 Å². The lowest BCUT2D eigenvalue weighted by Crippen LogP contribution is -2.48. The maximum absolute atomic E-state index is 13.4. The number of amides is 1. The zero-order valence-electron chi connectivity index (χ0n) is 15.5. The van der Waals surface area contributed by atoms with Crippen LogP contribution in [0.15, 0.2) is 52.9 Å². The Balaban J connectivity index is 0.00000225. The molecule has 1 atom stereocenters. The van der Waals surface area contributed by atoms with Crippen molar-refractivity contribution in [2.75, 3.05) is 26.7 Å². The van der Waals surface area contributed by atoms with Crippen molar-refractivity contribution in [1.29, 1.82) is 0 Å². The highest BCUT2D eigenvalue weighted by atomic mass is 35.5. The predicted octanol–water partition coefficient (Wildman–Crippen LogP) is 4.44. The minimum absolute atomic E-state index is 0. The molecule has 2 heterocycles. The highest BCUT2D eigenvalue weighted by molar-refractivity contribution is 6.30. The number of ether oxygens (including phenoxy) is 1. The summed E-state index contributed by atoms with van der Waals surface area (Å²) >= 11 is 6.17. The molecule has 5 nitrogen and oxygen atoms in total. The van der Waals surface area contributed by atoms with E-state index in [0.29, 0.717) is 36.1 Å². The fraction of sp³-hybridized carbons (Fsp3) is 0.286. The molecule has 1 aliphatic rings. The van der Waals surface area contributed by atoms with Gasteiger partial charge in [-0.3, -0.25) is 4.79 Å². The molecule has 1 N–H and O–H groups in total. The average Bonchev–Trinajstić information content (AvgIpc) is 3.06. The number of hydrogen-bond donors (Lipinski definition) is 1. The number of para-hydroxylation sites is 1. The number of hydrogen-bond acceptors (Lipinski definition) is 4. The van der Waals surface area contributed by atoms with Crippen LogP contribution in [0.2, 0.25) is 5.02 Å². The molecular weight excluding hydrogens is 399 g/mol. The number of methoxy groups -OCH3 is 1. The molecule has 1 saturated heterocycles. The van der Waals surface area contributed by atoms with Crippen molar-refractivity contribution in [3.8, 4) is 0 Å². The van der Waals surface area contributed by atoms with Gasteiger partial charge in [0.25, 0.3) is 5.91 Å². The van der Waals surface area contributed by atoms with E-state index in [2.05, 4.69) is 5.32 Å². The molecule has 1 amide bonds. The van der Waals surface area contributed by atoms with Crippen LogP contribution in [-0.2, 0) is 11.3 Å². The van der Waals surface area contributed by atoms with Crippen molar-refractivity contribution in [2.24, 2.45) is 0 Å². The van der Waals surface area contributed by atoms with Crippen LogP contribution in [0, 0.1) is 0 Å². The minimum Gasteiger partial charge on any atom is -0.451 e. The summed E-state index contributed by atoms with van der Waals surface area (Å²) in [6.07, 6.45) is 0. The van der Waals surface area contributed by atoms with E-state index in [1.54, 1.807) is 7.11 Å². The van der Waals surface area contributed by atoms with Gasteiger partial charge in [-0.1, -0.05) is 41.9 Å². The predicted molar refractivity (Wildman–Crippen MR) is 112 cm³/mol. The van der Waals surface area contributed by atoms with E-state index in [-0.39, 0.29) is 24.4 Å². The van der Waals surface area contributed by atoms with E-state index in [1.165, 1.54) is 0 Å². The summed E-state index contributed by atoms with van der Waals surface area (Å²) in [6, 6.07) is 15.2. The molecule has 148 valence electrons. The van der Waals surface area contributed by atoms with Crippen LogP contribution in [-0.4, -0.2) is 37.6 Å². The number of fused-ring (bicyclic) bond motifs is 1. The van der Waals surface area contributed by atoms with E-state index >= 15 is 0 Å². The fourth-order valence-corrected chi connectivity index (χ4v) is 3.85. The second-order valence-corrected chi connectivity index (χ2v) is 7.05. The Hall–Kier alpha value is -2.05. The summed E-state index contributed by atoms with van der Waals surface area (Å²) in [5.41, 5.74) is 2.50. The summed E-state index contributed by atoms with van der Waals surface area (Å²) in [5.74, 6) is 0.233. The van der Waals surface area contributed by atoms with Crippen molar-refractivity contribution < 1.29 is 13.9 Å². The van der Waals surface area contributed by atoms with Crippen LogP contribution in [0.5, 0.6) is 0 Å². The maximum atomic E-state index is 13.4. The Morgan fingerprint density at radius 1 is 1.29 bits per heavy atom. The van der Waals surface area contributed by atoms with Gasteiger partial charge in [-0.05, 0) is 23.8 Å². The molecule has 0 aliphatic carbocycles. The van der Waals surface area contributed by atoms with Crippen molar-refractivity contribution in [3.63, 3.8) is 0 Å². The first-order valence-corrected chi connectivity index (χ1v) is 9.33. The summed E-state index contributed by atoms with van der Waals surface area (Å²) in [4.78, 5) is 15.3. The molecular formula is C21H22Cl2N2O3. The van der Waals surface area contributed by atoms with Crippen molar-refractivity contribution in [3.05, 3.63) is 70.4 Å². The van der Waals surface area contributed by atoms with E-state index < -0.39 is 0 Å². The lowest BCUT2D eigenvalue weighted by molar-refractivity contribution is 0.0598. The van der Waals surface area contributed by atoms with E-state index in [4.69, 9.17) is 20.8 Å². The quantitative estimate of drug-likeness (QED) is 0.677. The van der Waals surface area contributed by atoms with Crippen LogP contribution in [0.1, 0.15) is 27.7 Å². The number of rotatable bonds is 4. The first-order valence-electron chi connectivity index (χ1n) is 8.95. The Morgan fingerprint density at radius 2 is 2.11 bits per heavy atom. The average molecular weight is 421 g/mol. The zero-order valence-corrected chi connectivity index (χ0v) is 17.1. The second kappa shape index (κ2) is 8.97. The van der Waals surface area contributed by atoms with Crippen LogP contribution in [0.4, 0.5) is 0 Å². The Morgan fingerprint density at radius 3 is 2.89 bits per heavy atom. The Labute approximate surface area is 175 Å².